The highest BCUT2D eigenvalue weighted by Gasteiger charge is 2.24. The van der Waals surface area contributed by atoms with Crippen molar-refractivity contribution in [2.24, 2.45) is 5.92 Å². The van der Waals surface area contributed by atoms with Crippen LogP contribution in [0.15, 0.2) is 18.5 Å². The normalized spacial score (nSPS) is 18.3. The Morgan fingerprint density at radius 1 is 1.43 bits per heavy atom. The van der Waals surface area contributed by atoms with Gasteiger partial charge in [0.15, 0.2) is 0 Å². The van der Waals surface area contributed by atoms with Gasteiger partial charge in [0.2, 0.25) is 5.91 Å². The number of hydrogen-bond acceptors (Lipinski definition) is 3. The van der Waals surface area contributed by atoms with Crippen molar-refractivity contribution in [3.63, 3.8) is 0 Å². The van der Waals surface area contributed by atoms with E-state index in [4.69, 9.17) is 0 Å². The number of carbonyl (C=O) groups is 1. The quantitative estimate of drug-likeness (QED) is 0.919. The molecule has 1 amide bonds. The molecule has 0 saturated carbocycles. The summed E-state index contributed by atoms with van der Waals surface area (Å²) < 4.78 is 1.90. The van der Waals surface area contributed by atoms with Crippen molar-refractivity contribution < 1.29 is 4.79 Å². The van der Waals surface area contributed by atoms with Crippen LogP contribution in [0.3, 0.4) is 0 Å². The lowest BCUT2D eigenvalue weighted by atomic mass is 9.92. The fourth-order valence-electron chi connectivity index (χ4n) is 3.32. The number of H-pyrrole nitrogens is 1. The van der Waals surface area contributed by atoms with Gasteiger partial charge in [0.25, 0.3) is 0 Å². The Hall–Kier alpha value is -2.11. The molecule has 1 saturated heterocycles. The summed E-state index contributed by atoms with van der Waals surface area (Å²) in [4.78, 5) is 14.5. The van der Waals surface area contributed by atoms with Crippen LogP contribution in [-0.2, 0) is 17.8 Å². The molecule has 0 aliphatic carbocycles. The van der Waals surface area contributed by atoms with Crippen LogP contribution >= 0.6 is 0 Å². The summed E-state index contributed by atoms with van der Waals surface area (Å²) in [6.07, 6.45) is 7.42. The molecule has 1 aliphatic rings. The van der Waals surface area contributed by atoms with Gasteiger partial charge in [-0.2, -0.15) is 10.2 Å². The van der Waals surface area contributed by atoms with Crippen LogP contribution in [0.2, 0.25) is 0 Å². The number of aryl methyl sites for hydroxylation is 3. The number of carbonyl (C=O) groups excluding carboxylic acids is 1. The Morgan fingerprint density at radius 2 is 2.30 bits per heavy atom. The van der Waals surface area contributed by atoms with E-state index in [0.717, 1.165) is 31.6 Å². The van der Waals surface area contributed by atoms with Gasteiger partial charge in [0.05, 0.1) is 6.20 Å². The summed E-state index contributed by atoms with van der Waals surface area (Å²) in [6, 6.07) is 1.97. The number of piperidine rings is 1. The lowest BCUT2D eigenvalue weighted by Crippen LogP contribution is -2.41. The van der Waals surface area contributed by atoms with Crippen LogP contribution in [0.4, 0.5) is 0 Å². The molecule has 23 heavy (non-hydrogen) atoms. The molecule has 3 rings (SSSR count). The van der Waals surface area contributed by atoms with Crippen LogP contribution in [0.5, 0.6) is 0 Å². The predicted octanol–water partition coefficient (Wildman–Crippen LogP) is 2.09. The Balaban J connectivity index is 1.52. The van der Waals surface area contributed by atoms with E-state index in [-0.39, 0.29) is 5.91 Å². The topological polar surface area (TPSA) is 66.8 Å². The number of hydrogen-bond donors (Lipinski definition) is 1. The molecule has 1 N–H and O–H groups in total. The zero-order valence-corrected chi connectivity index (χ0v) is 14.0. The molecule has 6 nitrogen and oxygen atoms in total. The van der Waals surface area contributed by atoms with Gasteiger partial charge in [-0.05, 0) is 50.7 Å². The fraction of sp³-hybridized carbons (Fsp3) is 0.588. The minimum atomic E-state index is 0.242. The molecular formula is C17H25N5O. The first-order valence-electron chi connectivity index (χ1n) is 8.38. The van der Waals surface area contributed by atoms with Gasteiger partial charge in [0, 0.05) is 43.6 Å². The van der Waals surface area contributed by atoms with Crippen LogP contribution in [0.1, 0.15) is 36.2 Å². The lowest BCUT2D eigenvalue weighted by Gasteiger charge is -2.33. The summed E-state index contributed by atoms with van der Waals surface area (Å²) in [6.45, 7) is 6.50. The van der Waals surface area contributed by atoms with Crippen molar-refractivity contribution in [2.45, 2.75) is 46.1 Å². The Bertz CT molecular complexity index is 659. The number of rotatable bonds is 5. The number of aromatic amines is 1. The number of nitrogens with one attached hydrogen (secondary N) is 1. The smallest absolute Gasteiger partial charge is 0.224 e. The van der Waals surface area contributed by atoms with Gasteiger partial charge in [-0.3, -0.25) is 14.6 Å². The molecule has 0 radical (unpaired) electrons. The predicted molar refractivity (Wildman–Crippen MR) is 87.9 cm³/mol. The van der Waals surface area contributed by atoms with Crippen molar-refractivity contribution in [3.8, 4) is 0 Å². The molecule has 3 heterocycles. The molecule has 2 aromatic heterocycles. The first-order valence-corrected chi connectivity index (χ1v) is 8.38. The molecule has 124 valence electrons. The molecule has 1 fully saturated rings. The van der Waals surface area contributed by atoms with Crippen LogP contribution in [-0.4, -0.2) is 43.9 Å². The molecule has 0 bridgehead atoms. The minimum Gasteiger partial charge on any atom is -0.342 e. The zero-order chi connectivity index (χ0) is 16.2. The van der Waals surface area contributed by atoms with Gasteiger partial charge in [-0.1, -0.05) is 0 Å². The highest BCUT2D eigenvalue weighted by molar-refractivity contribution is 5.76. The molecule has 6 heteroatoms. The third-order valence-corrected chi connectivity index (χ3v) is 4.76. The van der Waals surface area contributed by atoms with E-state index in [1.165, 1.54) is 17.7 Å². The van der Waals surface area contributed by atoms with Gasteiger partial charge in [-0.15, -0.1) is 0 Å². The maximum Gasteiger partial charge on any atom is 0.224 e. The third-order valence-electron chi connectivity index (χ3n) is 4.76. The van der Waals surface area contributed by atoms with Crippen LogP contribution in [0, 0.1) is 19.8 Å². The highest BCUT2D eigenvalue weighted by Crippen LogP contribution is 2.22. The molecule has 1 aliphatic heterocycles. The van der Waals surface area contributed by atoms with Gasteiger partial charge in [0.1, 0.15) is 0 Å². The number of likely N-dealkylation sites (tertiary alicyclic amines) is 1. The van der Waals surface area contributed by atoms with E-state index >= 15 is 0 Å². The summed E-state index contributed by atoms with van der Waals surface area (Å²) in [5.74, 6) is 0.768. The largest absolute Gasteiger partial charge is 0.342 e. The highest BCUT2D eigenvalue weighted by atomic mass is 16.2. The first-order chi connectivity index (χ1) is 11.1. The Kier molecular flexibility index (Phi) is 4.79. The third kappa shape index (κ3) is 3.81. The van der Waals surface area contributed by atoms with Crippen molar-refractivity contribution in [3.05, 3.63) is 35.4 Å². The average molecular weight is 315 g/mol. The minimum absolute atomic E-state index is 0.242. The van der Waals surface area contributed by atoms with Gasteiger partial charge in [-0.25, -0.2) is 0 Å². The van der Waals surface area contributed by atoms with E-state index in [9.17, 15) is 4.79 Å². The van der Waals surface area contributed by atoms with E-state index in [1.54, 1.807) is 6.20 Å². The maximum absolute atomic E-state index is 12.5. The molecule has 0 aromatic carbocycles. The van der Waals surface area contributed by atoms with E-state index < -0.39 is 0 Å². The van der Waals surface area contributed by atoms with E-state index in [2.05, 4.69) is 22.2 Å². The lowest BCUT2D eigenvalue weighted by molar-refractivity contribution is -0.133. The first kappa shape index (κ1) is 15.8. The monoisotopic (exact) mass is 315 g/mol. The maximum atomic E-state index is 12.5. The second kappa shape index (κ2) is 6.98. The molecular weight excluding hydrogens is 290 g/mol. The Morgan fingerprint density at radius 3 is 3.00 bits per heavy atom. The summed E-state index contributed by atoms with van der Waals surface area (Å²) >= 11 is 0. The second-order valence-corrected chi connectivity index (χ2v) is 6.53. The average Bonchev–Trinajstić information content (AvgIpc) is 3.14. The van der Waals surface area contributed by atoms with Gasteiger partial charge >= 0.3 is 0 Å². The standard InChI is InChI=1S/C17H25N5O/c1-13-11-18-20-16(13)10-15-4-3-8-21(12-15)17(23)6-9-22-14(2)5-7-19-22/h5,7,11,15H,3-4,6,8-10,12H2,1-2H3,(H,18,20). The van der Waals surface area contributed by atoms with E-state index in [0.29, 0.717) is 18.9 Å². The van der Waals surface area contributed by atoms with Gasteiger partial charge < -0.3 is 4.90 Å². The second-order valence-electron chi connectivity index (χ2n) is 6.53. The number of aromatic nitrogens is 4. The Labute approximate surface area is 136 Å². The van der Waals surface area contributed by atoms with Crippen molar-refractivity contribution >= 4 is 5.91 Å². The van der Waals surface area contributed by atoms with Crippen LogP contribution < -0.4 is 0 Å². The SMILES string of the molecule is Cc1cn[nH]c1CC1CCCN(C(=O)CCn2nccc2C)C1. The van der Waals surface area contributed by atoms with Crippen molar-refractivity contribution in [1.82, 2.24) is 24.9 Å². The van der Waals surface area contributed by atoms with Crippen LogP contribution in [0.25, 0.3) is 0 Å². The summed E-state index contributed by atoms with van der Waals surface area (Å²) in [7, 11) is 0. The van der Waals surface area contributed by atoms with E-state index in [1.807, 2.05) is 28.8 Å². The summed E-state index contributed by atoms with van der Waals surface area (Å²) in [5, 5.41) is 11.4. The van der Waals surface area contributed by atoms with Crippen molar-refractivity contribution in [2.75, 3.05) is 13.1 Å². The zero-order valence-electron chi connectivity index (χ0n) is 14.0. The number of amides is 1. The molecule has 0 spiro atoms. The molecule has 1 unspecified atom stereocenters. The molecule has 2 aromatic rings. The molecule has 1 atom stereocenters. The summed E-state index contributed by atoms with van der Waals surface area (Å²) in [5.41, 5.74) is 3.52. The number of nitrogens with zero attached hydrogens (tertiary/aromatic N) is 4. The fourth-order valence-corrected chi connectivity index (χ4v) is 3.32. The van der Waals surface area contributed by atoms with Crippen molar-refractivity contribution in [1.29, 1.82) is 0 Å².